The molecule has 0 aliphatic carbocycles. The molecule has 1 atom stereocenters. The van der Waals surface area contributed by atoms with E-state index in [1.165, 1.54) is 12.8 Å². The minimum Gasteiger partial charge on any atom is -0.330 e. The number of rotatable bonds is 7. The van der Waals surface area contributed by atoms with Crippen molar-refractivity contribution in [3.05, 3.63) is 0 Å². The molecule has 0 aromatic heterocycles. The molecule has 0 aliphatic rings. The summed E-state index contributed by atoms with van der Waals surface area (Å²) < 4.78 is 0. The Hall–Kier alpha value is -0.0800. The molecule has 0 saturated carbocycles. The van der Waals surface area contributed by atoms with Crippen LogP contribution in [0, 0.1) is 5.92 Å². The Kier molecular flexibility index (Phi) is 7.96. The van der Waals surface area contributed by atoms with Gasteiger partial charge in [0.05, 0.1) is 0 Å². The molecular formula is C9H22N2. The average Bonchev–Trinajstić information content (AvgIpc) is 2.04. The summed E-state index contributed by atoms with van der Waals surface area (Å²) in [5.74, 6) is 0.813. The second-order valence-electron chi connectivity index (χ2n) is 3.21. The molecule has 0 radical (unpaired) electrons. The van der Waals surface area contributed by atoms with Crippen LogP contribution in [-0.2, 0) is 0 Å². The Bertz CT molecular complexity index is 74.0. The first-order valence-corrected chi connectivity index (χ1v) is 4.72. The van der Waals surface area contributed by atoms with Gasteiger partial charge < -0.3 is 11.1 Å². The van der Waals surface area contributed by atoms with E-state index < -0.39 is 0 Å². The lowest BCUT2D eigenvalue weighted by atomic mass is 10.1. The molecule has 0 aromatic carbocycles. The predicted octanol–water partition coefficient (Wildman–Crippen LogP) is 1.36. The maximum absolute atomic E-state index is 5.37. The van der Waals surface area contributed by atoms with Gasteiger partial charge in [-0.3, -0.25) is 0 Å². The van der Waals surface area contributed by atoms with E-state index in [9.17, 15) is 0 Å². The second-order valence-corrected chi connectivity index (χ2v) is 3.21. The fraction of sp³-hybridized carbons (Fsp3) is 1.00. The third-order valence-electron chi connectivity index (χ3n) is 2.00. The van der Waals surface area contributed by atoms with E-state index in [4.69, 9.17) is 5.73 Å². The first kappa shape index (κ1) is 10.9. The highest BCUT2D eigenvalue weighted by Gasteiger charge is 1.95. The molecule has 0 aromatic rings. The van der Waals surface area contributed by atoms with Crippen molar-refractivity contribution >= 4 is 0 Å². The van der Waals surface area contributed by atoms with E-state index in [0.717, 1.165) is 32.0 Å². The van der Waals surface area contributed by atoms with Gasteiger partial charge >= 0.3 is 0 Å². The highest BCUT2D eigenvalue weighted by Crippen LogP contribution is 1.96. The van der Waals surface area contributed by atoms with Crippen molar-refractivity contribution in [1.82, 2.24) is 5.32 Å². The standard InChI is InChI=1S/C9H22N2/c1-3-9(2)8-11-7-5-4-6-10/h9,11H,3-8,10H2,1-2H3. The Morgan fingerprint density at radius 3 is 2.64 bits per heavy atom. The molecule has 0 bridgehead atoms. The molecular weight excluding hydrogens is 136 g/mol. The molecule has 0 amide bonds. The molecule has 0 saturated heterocycles. The summed E-state index contributed by atoms with van der Waals surface area (Å²) in [6, 6.07) is 0. The molecule has 0 heterocycles. The number of nitrogens with one attached hydrogen (secondary N) is 1. The van der Waals surface area contributed by atoms with Gasteiger partial charge in [0.15, 0.2) is 0 Å². The van der Waals surface area contributed by atoms with Crippen LogP contribution < -0.4 is 11.1 Å². The molecule has 0 spiro atoms. The Labute approximate surface area is 70.5 Å². The predicted molar refractivity (Wildman–Crippen MR) is 50.6 cm³/mol. The minimum absolute atomic E-state index is 0.813. The summed E-state index contributed by atoms with van der Waals surface area (Å²) in [5.41, 5.74) is 5.37. The summed E-state index contributed by atoms with van der Waals surface area (Å²) >= 11 is 0. The van der Waals surface area contributed by atoms with Crippen molar-refractivity contribution in [3.63, 3.8) is 0 Å². The van der Waals surface area contributed by atoms with E-state index in [2.05, 4.69) is 19.2 Å². The van der Waals surface area contributed by atoms with Gasteiger partial charge in [0.2, 0.25) is 0 Å². The first-order chi connectivity index (χ1) is 5.31. The Morgan fingerprint density at radius 1 is 1.36 bits per heavy atom. The molecule has 0 fully saturated rings. The van der Waals surface area contributed by atoms with Gasteiger partial charge in [0.25, 0.3) is 0 Å². The summed E-state index contributed by atoms with van der Waals surface area (Å²) in [5, 5.41) is 3.42. The lowest BCUT2D eigenvalue weighted by Crippen LogP contribution is -2.22. The van der Waals surface area contributed by atoms with Crippen LogP contribution in [0.3, 0.4) is 0 Å². The number of unbranched alkanes of at least 4 members (excludes halogenated alkanes) is 1. The number of hydrogen-bond acceptors (Lipinski definition) is 2. The Balaban J connectivity index is 2.89. The molecule has 68 valence electrons. The molecule has 11 heavy (non-hydrogen) atoms. The van der Waals surface area contributed by atoms with Crippen LogP contribution in [0.1, 0.15) is 33.1 Å². The van der Waals surface area contributed by atoms with Crippen molar-refractivity contribution in [3.8, 4) is 0 Å². The van der Waals surface area contributed by atoms with Crippen LogP contribution in [0.2, 0.25) is 0 Å². The van der Waals surface area contributed by atoms with Crippen LogP contribution in [0.5, 0.6) is 0 Å². The van der Waals surface area contributed by atoms with E-state index >= 15 is 0 Å². The fourth-order valence-electron chi connectivity index (χ4n) is 0.887. The van der Waals surface area contributed by atoms with Gasteiger partial charge in [-0.05, 0) is 38.4 Å². The monoisotopic (exact) mass is 158 g/mol. The van der Waals surface area contributed by atoms with Gasteiger partial charge in [0, 0.05) is 0 Å². The van der Waals surface area contributed by atoms with Gasteiger partial charge in [-0.15, -0.1) is 0 Å². The first-order valence-electron chi connectivity index (χ1n) is 4.72. The van der Waals surface area contributed by atoms with Gasteiger partial charge in [-0.1, -0.05) is 20.3 Å². The van der Waals surface area contributed by atoms with Crippen LogP contribution in [0.4, 0.5) is 0 Å². The molecule has 1 unspecified atom stereocenters. The van der Waals surface area contributed by atoms with E-state index in [1.807, 2.05) is 0 Å². The van der Waals surface area contributed by atoms with Crippen molar-refractivity contribution in [2.24, 2.45) is 11.7 Å². The topological polar surface area (TPSA) is 38.0 Å². The third kappa shape index (κ3) is 7.82. The largest absolute Gasteiger partial charge is 0.330 e. The van der Waals surface area contributed by atoms with Gasteiger partial charge in [0.1, 0.15) is 0 Å². The van der Waals surface area contributed by atoms with Crippen LogP contribution >= 0.6 is 0 Å². The molecule has 2 heteroatoms. The van der Waals surface area contributed by atoms with Gasteiger partial charge in [-0.25, -0.2) is 0 Å². The van der Waals surface area contributed by atoms with Gasteiger partial charge in [-0.2, -0.15) is 0 Å². The maximum atomic E-state index is 5.37. The summed E-state index contributed by atoms with van der Waals surface area (Å²) in [7, 11) is 0. The number of nitrogens with two attached hydrogens (primary N) is 1. The van der Waals surface area contributed by atoms with Crippen molar-refractivity contribution < 1.29 is 0 Å². The van der Waals surface area contributed by atoms with Crippen LogP contribution in [0.15, 0.2) is 0 Å². The molecule has 3 N–H and O–H groups in total. The van der Waals surface area contributed by atoms with Crippen LogP contribution in [0.25, 0.3) is 0 Å². The van der Waals surface area contributed by atoms with Crippen molar-refractivity contribution in [1.29, 1.82) is 0 Å². The minimum atomic E-state index is 0.813. The zero-order valence-corrected chi connectivity index (χ0v) is 7.90. The van der Waals surface area contributed by atoms with E-state index in [1.54, 1.807) is 0 Å². The smallest absolute Gasteiger partial charge is 0.00233 e. The second kappa shape index (κ2) is 8.02. The van der Waals surface area contributed by atoms with Crippen LogP contribution in [-0.4, -0.2) is 19.6 Å². The van der Waals surface area contributed by atoms with E-state index in [-0.39, 0.29) is 0 Å². The lowest BCUT2D eigenvalue weighted by Gasteiger charge is -2.08. The van der Waals surface area contributed by atoms with E-state index in [0.29, 0.717) is 0 Å². The highest BCUT2D eigenvalue weighted by molar-refractivity contribution is 4.54. The lowest BCUT2D eigenvalue weighted by molar-refractivity contribution is 0.492. The normalized spacial score (nSPS) is 13.4. The summed E-state index contributed by atoms with van der Waals surface area (Å²) in [6.07, 6.45) is 3.63. The van der Waals surface area contributed by atoms with Crippen molar-refractivity contribution in [2.45, 2.75) is 33.1 Å². The summed E-state index contributed by atoms with van der Waals surface area (Å²) in [6.45, 7) is 7.61. The summed E-state index contributed by atoms with van der Waals surface area (Å²) in [4.78, 5) is 0. The molecule has 2 nitrogen and oxygen atoms in total. The third-order valence-corrected chi connectivity index (χ3v) is 2.00. The average molecular weight is 158 g/mol. The Morgan fingerprint density at radius 2 is 2.09 bits per heavy atom. The SMILES string of the molecule is CCC(C)CNCCCCN. The highest BCUT2D eigenvalue weighted by atomic mass is 14.8. The van der Waals surface area contributed by atoms with Crippen molar-refractivity contribution in [2.75, 3.05) is 19.6 Å². The molecule has 0 aliphatic heterocycles. The number of hydrogen-bond donors (Lipinski definition) is 2. The maximum Gasteiger partial charge on any atom is -0.00233 e. The fourth-order valence-corrected chi connectivity index (χ4v) is 0.887. The quantitative estimate of drug-likeness (QED) is 0.549. The zero-order valence-electron chi connectivity index (χ0n) is 7.90. The zero-order chi connectivity index (χ0) is 8.53. The molecule has 0 rings (SSSR count).